The largest absolute Gasteiger partial charge is 0.497 e. The molecule has 0 saturated carbocycles. The van der Waals surface area contributed by atoms with Crippen molar-refractivity contribution in [1.82, 2.24) is 10.0 Å². The first-order valence-corrected chi connectivity index (χ1v) is 11.9. The van der Waals surface area contributed by atoms with Crippen LogP contribution in [0.1, 0.15) is 47.4 Å². The number of carbonyl (C=O) groups excluding carboxylic acids is 4. The number of hydrogen-bond acceptors (Lipinski definition) is 5. The second-order valence-corrected chi connectivity index (χ2v) is 9.58. The van der Waals surface area contributed by atoms with Crippen LogP contribution in [-0.4, -0.2) is 46.7 Å². The Morgan fingerprint density at radius 2 is 1.71 bits per heavy atom. The lowest BCUT2D eigenvalue weighted by Crippen LogP contribution is -2.56. The summed E-state index contributed by atoms with van der Waals surface area (Å²) in [7, 11) is 1.51. The van der Waals surface area contributed by atoms with Crippen molar-refractivity contribution in [2.24, 2.45) is 11.8 Å². The zero-order valence-corrected chi connectivity index (χ0v) is 21.0. The zero-order valence-electron chi connectivity index (χ0n) is 19.5. The van der Waals surface area contributed by atoms with E-state index in [1.165, 1.54) is 32.2 Å². The van der Waals surface area contributed by atoms with Gasteiger partial charge < -0.3 is 4.74 Å². The molecule has 4 rings (SSSR count). The summed E-state index contributed by atoms with van der Waals surface area (Å²) < 4.78 is 5.14. The van der Waals surface area contributed by atoms with Crippen LogP contribution in [-0.2, 0) is 9.59 Å². The average molecular weight is 515 g/mol. The topological polar surface area (TPSA) is 84.0 Å². The van der Waals surface area contributed by atoms with E-state index in [0.717, 1.165) is 15.6 Å². The molecule has 2 aromatic rings. The highest BCUT2D eigenvalue weighted by molar-refractivity contribution is 6.36. The number of benzene rings is 2. The van der Waals surface area contributed by atoms with Crippen LogP contribution in [0.2, 0.25) is 10.0 Å². The number of ether oxygens (including phenoxy) is 1. The van der Waals surface area contributed by atoms with Gasteiger partial charge in [-0.2, -0.15) is 5.01 Å². The Bertz CT molecular complexity index is 1240. The molecule has 2 aromatic carbocycles. The number of carbonyl (C=O) groups is 4. The van der Waals surface area contributed by atoms with E-state index < -0.39 is 41.4 Å². The predicted octanol–water partition coefficient (Wildman–Crippen LogP) is 4.97. The summed E-state index contributed by atoms with van der Waals surface area (Å²) in [5.74, 6) is -2.79. The van der Waals surface area contributed by atoms with E-state index in [4.69, 9.17) is 27.9 Å². The standard InChI is InChI=1S/C26H24Cl2N2O5/c1-14-4-10-19-21(12-14)26(34)30(24(19)32)29(25(33)20-11-7-17(27)13-22(20)28)15(2)23(31)16-5-8-18(35-3)9-6-16/h4-9,11,13,15,19,21H,10,12H2,1-3H3/t15-,19+,21+/m0/s1. The van der Waals surface area contributed by atoms with E-state index in [9.17, 15) is 19.2 Å². The van der Waals surface area contributed by atoms with E-state index in [-0.39, 0.29) is 10.6 Å². The molecule has 0 aromatic heterocycles. The molecule has 0 unspecified atom stereocenters. The highest BCUT2D eigenvalue weighted by Crippen LogP contribution is 2.39. The third kappa shape index (κ3) is 4.58. The lowest BCUT2D eigenvalue weighted by Gasteiger charge is -2.35. The van der Waals surface area contributed by atoms with E-state index in [2.05, 4.69) is 0 Å². The summed E-state index contributed by atoms with van der Waals surface area (Å²) >= 11 is 12.3. The Kier molecular flexibility index (Phi) is 7.01. The van der Waals surface area contributed by atoms with Crippen LogP contribution in [0.25, 0.3) is 0 Å². The smallest absolute Gasteiger partial charge is 0.275 e. The van der Waals surface area contributed by atoms with Gasteiger partial charge in [-0.3, -0.25) is 19.2 Å². The quantitative estimate of drug-likeness (QED) is 0.308. The number of allylic oxidation sites excluding steroid dienone is 2. The molecule has 0 N–H and O–H groups in total. The van der Waals surface area contributed by atoms with Gasteiger partial charge in [0.15, 0.2) is 5.78 Å². The van der Waals surface area contributed by atoms with E-state index >= 15 is 0 Å². The number of nitrogens with zero attached hydrogens (tertiary/aromatic N) is 2. The van der Waals surface area contributed by atoms with Crippen LogP contribution in [0, 0.1) is 11.8 Å². The molecule has 1 saturated heterocycles. The number of fused-ring (bicyclic) bond motifs is 1. The SMILES string of the molecule is COc1ccc(C(=O)[C@H](C)N(C(=O)c2ccc(Cl)cc2Cl)N2C(=O)[C@@H]3CC=C(C)C[C@H]3C2=O)cc1. The maximum absolute atomic E-state index is 13.8. The molecule has 7 nitrogen and oxygen atoms in total. The molecule has 1 heterocycles. The summed E-state index contributed by atoms with van der Waals surface area (Å²) in [5.41, 5.74) is 1.33. The number of amides is 3. The van der Waals surface area contributed by atoms with Gasteiger partial charge in [0.2, 0.25) is 0 Å². The van der Waals surface area contributed by atoms with Crippen LogP contribution >= 0.6 is 23.2 Å². The van der Waals surface area contributed by atoms with Gasteiger partial charge in [0, 0.05) is 10.6 Å². The normalized spacial score (nSPS) is 20.3. The Morgan fingerprint density at radius 3 is 2.34 bits per heavy atom. The van der Waals surface area contributed by atoms with Crippen LogP contribution in [0.5, 0.6) is 5.75 Å². The number of Topliss-reactive ketones (excluding diaryl/α,β-unsaturated/α-hetero) is 1. The Morgan fingerprint density at radius 1 is 1.06 bits per heavy atom. The summed E-state index contributed by atoms with van der Waals surface area (Å²) in [6.07, 6.45) is 2.77. The number of ketones is 1. The molecule has 9 heteroatoms. The minimum absolute atomic E-state index is 0.0234. The fourth-order valence-electron chi connectivity index (χ4n) is 4.57. The number of hydrazine groups is 1. The maximum Gasteiger partial charge on any atom is 0.275 e. The van der Waals surface area contributed by atoms with Crippen molar-refractivity contribution < 1.29 is 23.9 Å². The maximum atomic E-state index is 13.8. The van der Waals surface area contributed by atoms with Gasteiger partial charge >= 0.3 is 0 Å². The average Bonchev–Trinajstić information content (AvgIpc) is 3.08. The van der Waals surface area contributed by atoms with E-state index in [0.29, 0.717) is 29.2 Å². The highest BCUT2D eigenvalue weighted by atomic mass is 35.5. The highest BCUT2D eigenvalue weighted by Gasteiger charge is 2.53. The first kappa shape index (κ1) is 24.9. The molecule has 0 bridgehead atoms. The lowest BCUT2D eigenvalue weighted by molar-refractivity contribution is -0.156. The summed E-state index contributed by atoms with van der Waals surface area (Å²) in [5, 5.41) is 2.16. The molecule has 182 valence electrons. The summed E-state index contributed by atoms with van der Waals surface area (Å²) in [6.45, 7) is 3.39. The van der Waals surface area contributed by atoms with Crippen LogP contribution < -0.4 is 4.74 Å². The molecule has 0 radical (unpaired) electrons. The van der Waals surface area contributed by atoms with Crippen molar-refractivity contribution in [3.63, 3.8) is 0 Å². The molecular formula is C26H24Cl2N2O5. The van der Waals surface area contributed by atoms with Gasteiger partial charge in [0.1, 0.15) is 11.8 Å². The predicted molar refractivity (Wildman–Crippen MR) is 131 cm³/mol. The first-order chi connectivity index (χ1) is 16.6. The molecule has 3 amide bonds. The molecule has 1 aliphatic heterocycles. The number of hydrogen-bond donors (Lipinski definition) is 0. The molecule has 1 aliphatic carbocycles. The monoisotopic (exact) mass is 514 g/mol. The fourth-order valence-corrected chi connectivity index (χ4v) is 5.06. The molecular weight excluding hydrogens is 491 g/mol. The Labute approximate surface area is 213 Å². The minimum Gasteiger partial charge on any atom is -0.497 e. The number of imide groups is 1. The van der Waals surface area contributed by atoms with Crippen molar-refractivity contribution in [3.8, 4) is 5.75 Å². The van der Waals surface area contributed by atoms with Gasteiger partial charge in [-0.1, -0.05) is 34.9 Å². The molecule has 35 heavy (non-hydrogen) atoms. The minimum atomic E-state index is -1.18. The Balaban J connectivity index is 1.76. The Hall–Kier alpha value is -3.16. The summed E-state index contributed by atoms with van der Waals surface area (Å²) in [4.78, 5) is 54.1. The number of methoxy groups -OCH3 is 1. The van der Waals surface area contributed by atoms with Crippen LogP contribution in [0.15, 0.2) is 54.1 Å². The number of rotatable bonds is 6. The van der Waals surface area contributed by atoms with Crippen molar-refractivity contribution >= 4 is 46.7 Å². The molecule has 0 spiro atoms. The lowest BCUT2D eigenvalue weighted by atomic mass is 9.82. The van der Waals surface area contributed by atoms with Crippen molar-refractivity contribution in [1.29, 1.82) is 0 Å². The third-order valence-corrected chi connectivity index (χ3v) is 7.05. The van der Waals surface area contributed by atoms with E-state index in [1.54, 1.807) is 24.3 Å². The second kappa shape index (κ2) is 9.84. The van der Waals surface area contributed by atoms with Gasteiger partial charge in [-0.15, -0.1) is 0 Å². The van der Waals surface area contributed by atoms with Crippen molar-refractivity contribution in [2.45, 2.75) is 32.7 Å². The first-order valence-electron chi connectivity index (χ1n) is 11.1. The molecule has 1 fully saturated rings. The van der Waals surface area contributed by atoms with Gasteiger partial charge in [0.05, 0.1) is 29.5 Å². The zero-order chi connectivity index (χ0) is 25.4. The van der Waals surface area contributed by atoms with Gasteiger partial charge in [-0.25, -0.2) is 5.01 Å². The second-order valence-electron chi connectivity index (χ2n) is 8.73. The van der Waals surface area contributed by atoms with Gasteiger partial charge in [-0.05, 0) is 69.2 Å². The molecule has 2 aliphatic rings. The van der Waals surface area contributed by atoms with Gasteiger partial charge in [0.25, 0.3) is 17.7 Å². The third-order valence-electron chi connectivity index (χ3n) is 6.51. The van der Waals surface area contributed by atoms with Crippen molar-refractivity contribution in [2.75, 3.05) is 7.11 Å². The number of halogens is 2. The van der Waals surface area contributed by atoms with E-state index in [1.807, 2.05) is 13.0 Å². The summed E-state index contributed by atoms with van der Waals surface area (Å²) in [6, 6.07) is 9.49. The van der Waals surface area contributed by atoms with Crippen LogP contribution in [0.4, 0.5) is 0 Å². The van der Waals surface area contributed by atoms with Crippen molar-refractivity contribution in [3.05, 3.63) is 75.3 Å². The molecule has 3 atom stereocenters. The van der Waals surface area contributed by atoms with Crippen LogP contribution in [0.3, 0.4) is 0 Å². The fraction of sp³-hybridized carbons (Fsp3) is 0.308.